The Hall–Kier alpha value is -4.02. The van der Waals surface area contributed by atoms with Crippen molar-refractivity contribution >= 4 is 0 Å². The van der Waals surface area contributed by atoms with Crippen molar-refractivity contribution in [3.63, 3.8) is 0 Å². The highest BCUT2D eigenvalue weighted by Crippen LogP contribution is 2.35. The summed E-state index contributed by atoms with van der Waals surface area (Å²) in [5.41, 5.74) is 1.26. The van der Waals surface area contributed by atoms with E-state index in [0.717, 1.165) is 0 Å². The Morgan fingerprint density at radius 3 is 2.39 bits per heavy atom. The van der Waals surface area contributed by atoms with E-state index in [1.807, 2.05) is 0 Å². The zero-order valence-electron chi connectivity index (χ0n) is 16.3. The van der Waals surface area contributed by atoms with E-state index < -0.39 is 12.1 Å². The van der Waals surface area contributed by atoms with Crippen LogP contribution in [0.25, 0.3) is 28.6 Å². The molecule has 2 aromatic carbocycles. The maximum Gasteiger partial charge on any atom is 0.573 e. The van der Waals surface area contributed by atoms with E-state index in [2.05, 4.69) is 19.9 Å². The average molecular weight is 432 g/mol. The van der Waals surface area contributed by atoms with Crippen LogP contribution in [0.2, 0.25) is 0 Å². The fraction of sp³-hybridized carbons (Fsp3) is 0.150. The van der Waals surface area contributed by atoms with Crippen LogP contribution in [0.15, 0.2) is 59.5 Å². The molecule has 0 N–H and O–H groups in total. The molecule has 0 aliphatic heterocycles. The highest BCUT2D eigenvalue weighted by Gasteiger charge is 2.31. The van der Waals surface area contributed by atoms with E-state index in [-0.39, 0.29) is 17.3 Å². The maximum absolute atomic E-state index is 12.7. The first-order valence-corrected chi connectivity index (χ1v) is 8.82. The van der Waals surface area contributed by atoms with Gasteiger partial charge in [0.2, 0.25) is 11.8 Å². The fourth-order valence-electron chi connectivity index (χ4n) is 2.93. The summed E-state index contributed by atoms with van der Waals surface area (Å²) in [6.45, 7) is 0. The van der Waals surface area contributed by atoms with Crippen molar-refractivity contribution in [3.05, 3.63) is 55.1 Å². The van der Waals surface area contributed by atoms with Gasteiger partial charge in [-0.25, -0.2) is 4.98 Å². The van der Waals surface area contributed by atoms with Crippen LogP contribution in [-0.4, -0.2) is 40.3 Å². The Kier molecular flexibility index (Phi) is 5.24. The highest BCUT2D eigenvalue weighted by molar-refractivity contribution is 5.69. The summed E-state index contributed by atoms with van der Waals surface area (Å²) in [6, 6.07) is 8.83. The average Bonchev–Trinajstić information content (AvgIpc) is 3.44. The van der Waals surface area contributed by atoms with Crippen LogP contribution in [-0.2, 0) is 0 Å². The smallest absolute Gasteiger partial charge is 0.493 e. The second-order valence-electron chi connectivity index (χ2n) is 6.18. The molecule has 0 saturated carbocycles. The third-order valence-electron chi connectivity index (χ3n) is 4.27. The summed E-state index contributed by atoms with van der Waals surface area (Å²) < 4.78 is 60.0. The van der Waals surface area contributed by atoms with Gasteiger partial charge in [0.05, 0.1) is 31.8 Å². The van der Waals surface area contributed by atoms with Crippen molar-refractivity contribution < 1.29 is 31.8 Å². The fourth-order valence-corrected chi connectivity index (χ4v) is 2.93. The van der Waals surface area contributed by atoms with E-state index in [9.17, 15) is 13.2 Å². The van der Waals surface area contributed by atoms with Gasteiger partial charge in [0.1, 0.15) is 5.75 Å². The molecule has 11 heteroatoms. The van der Waals surface area contributed by atoms with Crippen molar-refractivity contribution in [1.82, 2.24) is 19.7 Å². The Labute approximate surface area is 173 Å². The molecule has 4 aromatic rings. The number of rotatable bonds is 6. The van der Waals surface area contributed by atoms with E-state index in [4.69, 9.17) is 13.9 Å². The number of methoxy groups -OCH3 is 2. The van der Waals surface area contributed by atoms with Gasteiger partial charge in [-0.05, 0) is 36.4 Å². The molecular formula is C20H15F3N4O4. The summed E-state index contributed by atoms with van der Waals surface area (Å²) >= 11 is 0. The van der Waals surface area contributed by atoms with Gasteiger partial charge in [-0.15, -0.1) is 23.4 Å². The first-order valence-electron chi connectivity index (χ1n) is 8.82. The third-order valence-corrected chi connectivity index (χ3v) is 4.27. The number of hydrogen-bond acceptors (Lipinski definition) is 7. The molecule has 8 nitrogen and oxygen atoms in total. The molecule has 0 fully saturated rings. The minimum atomic E-state index is -4.84. The van der Waals surface area contributed by atoms with Crippen LogP contribution in [0, 0.1) is 0 Å². The predicted octanol–water partition coefficient (Wildman–Crippen LogP) is 4.51. The number of nitrogens with zero attached hydrogens (tertiary/aromatic N) is 4. The summed E-state index contributed by atoms with van der Waals surface area (Å²) in [7, 11) is 3.00. The first-order chi connectivity index (χ1) is 14.9. The normalized spacial score (nSPS) is 11.4. The van der Waals surface area contributed by atoms with E-state index >= 15 is 0 Å². The summed E-state index contributed by atoms with van der Waals surface area (Å²) in [5.74, 6) is 0.706. The van der Waals surface area contributed by atoms with Gasteiger partial charge >= 0.3 is 6.36 Å². The number of imidazole rings is 1. The highest BCUT2D eigenvalue weighted by atomic mass is 19.4. The Bertz CT molecular complexity index is 1190. The van der Waals surface area contributed by atoms with Crippen molar-refractivity contribution in [2.24, 2.45) is 0 Å². The minimum absolute atomic E-state index is 0.00103. The minimum Gasteiger partial charge on any atom is -0.493 e. The van der Waals surface area contributed by atoms with Crippen LogP contribution in [0.3, 0.4) is 0 Å². The number of ether oxygens (including phenoxy) is 3. The Morgan fingerprint density at radius 1 is 0.935 bits per heavy atom. The molecule has 0 aliphatic rings. The van der Waals surface area contributed by atoms with Crippen LogP contribution in [0.1, 0.15) is 0 Å². The molecule has 160 valence electrons. The molecule has 4 rings (SSSR count). The third kappa shape index (κ3) is 4.29. The second-order valence-corrected chi connectivity index (χ2v) is 6.18. The number of alkyl halides is 3. The zero-order chi connectivity index (χ0) is 22.0. The van der Waals surface area contributed by atoms with Crippen LogP contribution < -0.4 is 14.2 Å². The van der Waals surface area contributed by atoms with E-state index in [1.165, 1.54) is 44.9 Å². The predicted molar refractivity (Wildman–Crippen MR) is 102 cm³/mol. The Morgan fingerprint density at radius 2 is 1.71 bits per heavy atom. The van der Waals surface area contributed by atoms with Gasteiger partial charge < -0.3 is 23.2 Å². The summed E-state index contributed by atoms with van der Waals surface area (Å²) in [6.07, 6.45) is -0.177. The molecule has 0 aliphatic carbocycles. The van der Waals surface area contributed by atoms with E-state index in [0.29, 0.717) is 22.7 Å². The quantitative estimate of drug-likeness (QED) is 0.443. The molecule has 0 unspecified atom stereocenters. The number of benzene rings is 2. The Balaban J connectivity index is 1.77. The van der Waals surface area contributed by atoms with Crippen molar-refractivity contribution in [2.45, 2.75) is 6.36 Å². The monoisotopic (exact) mass is 432 g/mol. The van der Waals surface area contributed by atoms with Crippen LogP contribution in [0.5, 0.6) is 17.2 Å². The second kappa shape index (κ2) is 8.01. The molecule has 0 bridgehead atoms. The van der Waals surface area contributed by atoms with Gasteiger partial charge in [0.15, 0.2) is 11.5 Å². The van der Waals surface area contributed by atoms with Crippen molar-refractivity contribution in [3.8, 4) is 45.8 Å². The van der Waals surface area contributed by atoms with Crippen LogP contribution >= 0.6 is 0 Å². The number of halogens is 3. The van der Waals surface area contributed by atoms with Gasteiger partial charge in [-0.2, -0.15) is 0 Å². The molecule has 0 amide bonds. The van der Waals surface area contributed by atoms with Crippen molar-refractivity contribution in [1.29, 1.82) is 0 Å². The molecule has 2 heterocycles. The SMILES string of the molecule is COc1ccc(-c2nnc(-c3cc(OC(F)(F)F)ccc3-n3ccnc3)o2)cc1OC. The van der Waals surface area contributed by atoms with Gasteiger partial charge in [0.25, 0.3) is 0 Å². The molecule has 0 saturated heterocycles. The molecule has 31 heavy (non-hydrogen) atoms. The van der Waals surface area contributed by atoms with E-state index in [1.54, 1.807) is 29.0 Å². The zero-order valence-corrected chi connectivity index (χ0v) is 16.3. The summed E-state index contributed by atoms with van der Waals surface area (Å²) in [4.78, 5) is 3.96. The summed E-state index contributed by atoms with van der Waals surface area (Å²) in [5, 5.41) is 8.03. The molecule has 0 atom stereocenters. The maximum atomic E-state index is 12.7. The largest absolute Gasteiger partial charge is 0.573 e. The van der Waals surface area contributed by atoms with Crippen LogP contribution in [0.4, 0.5) is 13.2 Å². The lowest BCUT2D eigenvalue weighted by Gasteiger charge is -2.12. The standard InChI is InChI=1S/C20H15F3N4O4/c1-28-16-6-3-12(9-17(16)29-2)18-25-26-19(30-18)14-10-13(31-20(21,22)23)4-5-15(14)27-8-7-24-11-27/h3-11H,1-2H3. The first kappa shape index (κ1) is 20.3. The van der Waals surface area contributed by atoms with Gasteiger partial charge in [-0.3, -0.25) is 0 Å². The lowest BCUT2D eigenvalue weighted by molar-refractivity contribution is -0.274. The topological polar surface area (TPSA) is 84.4 Å². The lowest BCUT2D eigenvalue weighted by Crippen LogP contribution is -2.17. The van der Waals surface area contributed by atoms with Crippen molar-refractivity contribution in [2.75, 3.05) is 14.2 Å². The molecule has 2 aromatic heterocycles. The van der Waals surface area contributed by atoms with Gasteiger partial charge in [-0.1, -0.05) is 0 Å². The lowest BCUT2D eigenvalue weighted by atomic mass is 10.1. The molecule has 0 spiro atoms. The number of aromatic nitrogens is 4. The van der Waals surface area contributed by atoms with Gasteiger partial charge in [0, 0.05) is 18.0 Å². The number of hydrogen-bond donors (Lipinski definition) is 0. The molecular weight excluding hydrogens is 417 g/mol. The molecule has 0 radical (unpaired) electrons.